The molecule has 1 atom stereocenters. The Labute approximate surface area is 181 Å². The third-order valence-electron chi connectivity index (χ3n) is 4.16. The molecule has 9 heteroatoms. The summed E-state index contributed by atoms with van der Waals surface area (Å²) in [6, 6.07) is 12.2. The van der Waals surface area contributed by atoms with Crippen molar-refractivity contribution in [3.63, 3.8) is 0 Å². The summed E-state index contributed by atoms with van der Waals surface area (Å²) in [6.45, 7) is 2.02. The van der Waals surface area contributed by atoms with Gasteiger partial charge in [-0.2, -0.15) is 0 Å². The summed E-state index contributed by atoms with van der Waals surface area (Å²) in [6.07, 6.45) is 2.18. The zero-order valence-electron chi connectivity index (χ0n) is 15.9. The van der Waals surface area contributed by atoms with E-state index < -0.39 is 22.0 Å². The van der Waals surface area contributed by atoms with Crippen molar-refractivity contribution in [2.45, 2.75) is 43.5 Å². The van der Waals surface area contributed by atoms with Crippen molar-refractivity contribution in [2.75, 3.05) is 5.32 Å². The number of nitrogens with one attached hydrogen (secondary N) is 2. The highest BCUT2D eigenvalue weighted by atomic mass is 35.5. The molecule has 0 spiro atoms. The Balaban J connectivity index is 2.12. The molecule has 0 radical (unpaired) electrons. The molecule has 0 unspecified atom stereocenters. The van der Waals surface area contributed by atoms with Gasteiger partial charge in [0.25, 0.3) is 0 Å². The standard InChI is InChI=1S/C20H23ClN2O4S2/c1-2-3-4-18(23-29(26,27)17-11-7-15(21)8-12-17)20(28)22-16-9-5-14(6-10-16)13-19(24)25/h5-12,18,23H,2-4,13H2,1H3,(H,22,28)(H,24,25)/t18-/m0/s1. The number of anilines is 1. The van der Waals surface area contributed by atoms with Crippen LogP contribution in [0.4, 0.5) is 5.69 Å². The van der Waals surface area contributed by atoms with E-state index in [1.807, 2.05) is 6.92 Å². The molecule has 0 aliphatic carbocycles. The van der Waals surface area contributed by atoms with Crippen LogP contribution in [-0.4, -0.2) is 30.5 Å². The van der Waals surface area contributed by atoms with E-state index in [0.717, 1.165) is 12.8 Å². The van der Waals surface area contributed by atoms with Crippen LogP contribution in [0, 0.1) is 0 Å². The number of carboxylic acid groups (broad SMARTS) is 1. The number of halogens is 1. The molecule has 6 nitrogen and oxygen atoms in total. The lowest BCUT2D eigenvalue weighted by atomic mass is 10.1. The maximum absolute atomic E-state index is 12.7. The topological polar surface area (TPSA) is 95.5 Å². The van der Waals surface area contributed by atoms with Crippen molar-refractivity contribution in [3.8, 4) is 0 Å². The fourth-order valence-electron chi connectivity index (χ4n) is 2.63. The van der Waals surface area contributed by atoms with Gasteiger partial charge in [-0.15, -0.1) is 0 Å². The molecule has 0 heterocycles. The predicted octanol–water partition coefficient (Wildman–Crippen LogP) is 4.24. The Morgan fingerprint density at radius 2 is 1.76 bits per heavy atom. The smallest absolute Gasteiger partial charge is 0.307 e. The molecule has 0 amide bonds. The largest absolute Gasteiger partial charge is 0.481 e. The minimum absolute atomic E-state index is 0.0647. The lowest BCUT2D eigenvalue weighted by Crippen LogP contribution is -2.42. The first-order valence-corrected chi connectivity index (χ1v) is 11.4. The number of aliphatic carboxylic acids is 1. The molecular weight excluding hydrogens is 432 g/mol. The summed E-state index contributed by atoms with van der Waals surface area (Å²) >= 11 is 11.3. The van der Waals surface area contributed by atoms with Gasteiger partial charge in [-0.1, -0.05) is 55.7 Å². The SMILES string of the molecule is CCCC[C@H](NS(=O)(=O)c1ccc(Cl)cc1)C(=S)Nc1ccc(CC(=O)O)cc1. The number of unbranched alkanes of at least 4 members (excludes halogenated alkanes) is 1. The van der Waals surface area contributed by atoms with Gasteiger partial charge in [0, 0.05) is 10.7 Å². The molecule has 0 saturated heterocycles. The Kier molecular flexibility index (Phi) is 8.58. The number of hydrogen-bond donors (Lipinski definition) is 3. The molecule has 0 saturated carbocycles. The second kappa shape index (κ2) is 10.7. The van der Waals surface area contributed by atoms with Gasteiger partial charge in [-0.25, -0.2) is 13.1 Å². The van der Waals surface area contributed by atoms with E-state index in [4.69, 9.17) is 28.9 Å². The molecule has 2 rings (SSSR count). The van der Waals surface area contributed by atoms with Crippen LogP contribution in [0.3, 0.4) is 0 Å². The van der Waals surface area contributed by atoms with Gasteiger partial charge in [0.05, 0.1) is 22.3 Å². The van der Waals surface area contributed by atoms with Crippen LogP contribution >= 0.6 is 23.8 Å². The van der Waals surface area contributed by atoms with Crippen molar-refractivity contribution in [1.82, 2.24) is 4.72 Å². The van der Waals surface area contributed by atoms with Gasteiger partial charge in [0.15, 0.2) is 0 Å². The van der Waals surface area contributed by atoms with Crippen molar-refractivity contribution < 1.29 is 18.3 Å². The lowest BCUT2D eigenvalue weighted by molar-refractivity contribution is -0.136. The maximum atomic E-state index is 12.7. The first kappa shape index (κ1) is 23.3. The fourth-order valence-corrected chi connectivity index (χ4v) is 4.37. The Morgan fingerprint density at radius 1 is 1.14 bits per heavy atom. The third-order valence-corrected chi connectivity index (χ3v) is 6.29. The van der Waals surface area contributed by atoms with E-state index in [-0.39, 0.29) is 11.3 Å². The van der Waals surface area contributed by atoms with E-state index in [2.05, 4.69) is 10.0 Å². The first-order chi connectivity index (χ1) is 13.7. The summed E-state index contributed by atoms with van der Waals surface area (Å²) in [7, 11) is -3.77. The van der Waals surface area contributed by atoms with Gasteiger partial charge in [0.1, 0.15) is 0 Å². The van der Waals surface area contributed by atoms with Crippen LogP contribution in [0.2, 0.25) is 5.02 Å². The van der Waals surface area contributed by atoms with E-state index in [1.165, 1.54) is 24.3 Å². The van der Waals surface area contributed by atoms with E-state index in [9.17, 15) is 13.2 Å². The van der Waals surface area contributed by atoms with Crippen LogP contribution in [-0.2, 0) is 21.2 Å². The Bertz CT molecular complexity index is 945. The molecule has 0 fully saturated rings. The van der Waals surface area contributed by atoms with Gasteiger partial charge < -0.3 is 10.4 Å². The minimum Gasteiger partial charge on any atom is -0.481 e. The van der Waals surface area contributed by atoms with Crippen LogP contribution in [0.25, 0.3) is 0 Å². The Morgan fingerprint density at radius 3 is 2.31 bits per heavy atom. The molecule has 0 aromatic heterocycles. The molecular formula is C20H23ClN2O4S2. The predicted molar refractivity (Wildman–Crippen MR) is 119 cm³/mol. The van der Waals surface area contributed by atoms with Gasteiger partial charge in [-0.3, -0.25) is 4.79 Å². The summed E-state index contributed by atoms with van der Waals surface area (Å²) < 4.78 is 28.1. The zero-order chi connectivity index (χ0) is 21.4. The monoisotopic (exact) mass is 454 g/mol. The summed E-state index contributed by atoms with van der Waals surface area (Å²) in [4.78, 5) is 11.2. The Hall–Kier alpha value is -2.00. The second-order valence-corrected chi connectivity index (χ2v) is 9.12. The fraction of sp³-hybridized carbons (Fsp3) is 0.300. The van der Waals surface area contributed by atoms with Gasteiger partial charge >= 0.3 is 5.97 Å². The number of carbonyl (C=O) groups is 1. The normalized spacial score (nSPS) is 12.3. The van der Waals surface area contributed by atoms with Crippen molar-refractivity contribution in [3.05, 3.63) is 59.1 Å². The summed E-state index contributed by atoms with van der Waals surface area (Å²) in [5, 5.41) is 12.3. The maximum Gasteiger partial charge on any atom is 0.307 e. The third kappa shape index (κ3) is 7.40. The van der Waals surface area contributed by atoms with Crippen molar-refractivity contribution in [1.29, 1.82) is 0 Å². The number of benzene rings is 2. The van der Waals surface area contributed by atoms with Gasteiger partial charge in [0.2, 0.25) is 10.0 Å². The van der Waals surface area contributed by atoms with Crippen LogP contribution in [0.1, 0.15) is 31.7 Å². The molecule has 29 heavy (non-hydrogen) atoms. The molecule has 0 aliphatic heterocycles. The summed E-state index contributed by atoms with van der Waals surface area (Å²) in [5.41, 5.74) is 1.33. The quantitative estimate of drug-likeness (QED) is 0.464. The van der Waals surface area contributed by atoms with Crippen LogP contribution < -0.4 is 10.0 Å². The first-order valence-electron chi connectivity index (χ1n) is 9.10. The highest BCUT2D eigenvalue weighted by Gasteiger charge is 2.23. The number of sulfonamides is 1. The molecule has 156 valence electrons. The number of rotatable bonds is 10. The molecule has 3 N–H and O–H groups in total. The highest BCUT2D eigenvalue weighted by molar-refractivity contribution is 7.89. The number of hydrogen-bond acceptors (Lipinski definition) is 4. The van der Waals surface area contributed by atoms with E-state index >= 15 is 0 Å². The molecule has 0 aliphatic rings. The zero-order valence-corrected chi connectivity index (χ0v) is 18.3. The number of thiocarbonyl (C=S) groups is 1. The van der Waals surface area contributed by atoms with Gasteiger partial charge in [-0.05, 0) is 48.4 Å². The summed E-state index contributed by atoms with van der Waals surface area (Å²) in [5.74, 6) is -0.905. The average molecular weight is 455 g/mol. The molecule has 2 aromatic rings. The lowest BCUT2D eigenvalue weighted by Gasteiger charge is -2.21. The average Bonchev–Trinajstić information content (AvgIpc) is 2.66. The van der Waals surface area contributed by atoms with Crippen LogP contribution in [0.15, 0.2) is 53.4 Å². The number of carboxylic acids is 1. The van der Waals surface area contributed by atoms with E-state index in [0.29, 0.717) is 27.7 Å². The van der Waals surface area contributed by atoms with Crippen molar-refractivity contribution >= 4 is 50.5 Å². The minimum atomic E-state index is -3.77. The van der Waals surface area contributed by atoms with Crippen molar-refractivity contribution in [2.24, 2.45) is 0 Å². The van der Waals surface area contributed by atoms with Crippen LogP contribution in [0.5, 0.6) is 0 Å². The second-order valence-electron chi connectivity index (χ2n) is 6.53. The molecule has 2 aromatic carbocycles. The van der Waals surface area contributed by atoms with E-state index in [1.54, 1.807) is 24.3 Å². The highest BCUT2D eigenvalue weighted by Crippen LogP contribution is 2.17. The molecule has 0 bridgehead atoms.